The normalized spacial score (nSPS) is 12.1. The molecule has 0 saturated carbocycles. The molecule has 0 aliphatic heterocycles. The first kappa shape index (κ1) is 19.2. The van der Waals surface area contributed by atoms with Crippen LogP contribution in [0.3, 0.4) is 0 Å². The van der Waals surface area contributed by atoms with Gasteiger partial charge >= 0.3 is 7.12 Å². The molecular weight excluding hydrogens is 321 g/mol. The maximum absolute atomic E-state index is 12.4. The van der Waals surface area contributed by atoms with E-state index in [9.17, 15) is 18.5 Å². The van der Waals surface area contributed by atoms with E-state index in [1.165, 1.54) is 31.4 Å². The highest BCUT2D eigenvalue weighted by atomic mass is 32.2. The molecule has 0 aromatic heterocycles. The maximum Gasteiger partial charge on any atom is 0.486 e. The number of benzene rings is 1. The van der Waals surface area contributed by atoms with Gasteiger partial charge in [0.15, 0.2) is 0 Å². The van der Waals surface area contributed by atoms with E-state index in [2.05, 4.69) is 11.3 Å². The van der Waals surface area contributed by atoms with Crippen molar-refractivity contribution in [3.05, 3.63) is 47.6 Å². The van der Waals surface area contributed by atoms with Crippen molar-refractivity contribution in [3.63, 3.8) is 0 Å². The van der Waals surface area contributed by atoms with Crippen molar-refractivity contribution in [3.8, 4) is 5.75 Å². The van der Waals surface area contributed by atoms with Crippen LogP contribution < -0.4 is 4.72 Å². The first-order chi connectivity index (χ1) is 10.7. The van der Waals surface area contributed by atoms with Crippen molar-refractivity contribution in [2.24, 2.45) is 0 Å². The summed E-state index contributed by atoms with van der Waals surface area (Å²) in [7, 11) is -3.79. The lowest BCUT2D eigenvalue weighted by Crippen LogP contribution is -2.24. The zero-order chi connectivity index (χ0) is 17.6. The van der Waals surface area contributed by atoms with Crippen LogP contribution in [-0.2, 0) is 21.1 Å². The summed E-state index contributed by atoms with van der Waals surface area (Å²) in [5.74, 6) is -0.0924. The molecule has 0 aliphatic carbocycles. The topological polar surface area (TPSA) is 116 Å². The van der Waals surface area contributed by atoms with Crippen molar-refractivity contribution < 1.29 is 28.3 Å². The SMILES string of the molecule is C=C(/C=C(\C)B(O)OC)NS(=O)(=O)c1ccc(O)cc1CCO. The molecule has 7 nitrogen and oxygen atoms in total. The molecule has 0 fully saturated rings. The van der Waals surface area contributed by atoms with Crippen molar-refractivity contribution in [2.45, 2.75) is 18.2 Å². The smallest absolute Gasteiger partial charge is 0.486 e. The summed E-state index contributed by atoms with van der Waals surface area (Å²) in [6.07, 6.45) is 1.42. The number of allylic oxidation sites excluding steroid dienone is 2. The van der Waals surface area contributed by atoms with E-state index < -0.39 is 17.1 Å². The predicted octanol–water partition coefficient (Wildman–Crippen LogP) is 0.331. The molecule has 0 radical (unpaired) electrons. The van der Waals surface area contributed by atoms with Gasteiger partial charge in [-0.2, -0.15) is 0 Å². The Balaban J connectivity index is 3.07. The molecule has 1 aromatic rings. The third-order valence-corrected chi connectivity index (χ3v) is 4.50. The monoisotopic (exact) mass is 341 g/mol. The molecule has 0 atom stereocenters. The first-order valence-corrected chi connectivity index (χ1v) is 8.23. The number of hydrogen-bond acceptors (Lipinski definition) is 6. The summed E-state index contributed by atoms with van der Waals surface area (Å²) in [6.45, 7) is 4.89. The van der Waals surface area contributed by atoms with Gasteiger partial charge in [-0.05, 0) is 48.7 Å². The molecule has 0 spiro atoms. The Morgan fingerprint density at radius 3 is 2.70 bits per heavy atom. The number of aromatic hydroxyl groups is 1. The largest absolute Gasteiger partial charge is 0.508 e. The molecule has 0 aliphatic rings. The number of aliphatic hydroxyl groups is 1. The van der Waals surface area contributed by atoms with Gasteiger partial charge in [-0.25, -0.2) is 8.42 Å². The first-order valence-electron chi connectivity index (χ1n) is 6.74. The van der Waals surface area contributed by atoms with Crippen LogP contribution in [0, 0.1) is 0 Å². The second-order valence-electron chi connectivity index (χ2n) is 4.87. The minimum atomic E-state index is -3.95. The van der Waals surface area contributed by atoms with Crippen LogP contribution in [-0.4, -0.2) is 44.5 Å². The van der Waals surface area contributed by atoms with Gasteiger partial charge in [0.2, 0.25) is 0 Å². The van der Waals surface area contributed by atoms with Gasteiger partial charge in [0.25, 0.3) is 10.0 Å². The number of phenols is 1. The molecule has 126 valence electrons. The Bertz CT molecular complexity index is 701. The Hall–Kier alpha value is -1.81. The van der Waals surface area contributed by atoms with E-state index >= 15 is 0 Å². The summed E-state index contributed by atoms with van der Waals surface area (Å²) in [6, 6.07) is 3.77. The molecular formula is C14H20BNO6S. The van der Waals surface area contributed by atoms with Gasteiger partial charge in [0.1, 0.15) is 5.75 Å². The summed E-state index contributed by atoms with van der Waals surface area (Å²) in [5.41, 5.74) is 0.702. The zero-order valence-corrected chi connectivity index (χ0v) is 13.8. The predicted molar refractivity (Wildman–Crippen MR) is 87.1 cm³/mol. The molecule has 0 amide bonds. The number of nitrogens with one attached hydrogen (secondary N) is 1. The fraction of sp³-hybridized carbons (Fsp3) is 0.286. The van der Waals surface area contributed by atoms with E-state index in [0.29, 0.717) is 5.47 Å². The Morgan fingerprint density at radius 2 is 2.13 bits per heavy atom. The molecule has 23 heavy (non-hydrogen) atoms. The number of rotatable bonds is 8. The van der Waals surface area contributed by atoms with E-state index in [1.807, 2.05) is 0 Å². The average Bonchev–Trinajstić information content (AvgIpc) is 2.45. The number of phenolic OH excluding ortho intramolecular Hbond substituents is 1. The number of hydrogen-bond donors (Lipinski definition) is 4. The van der Waals surface area contributed by atoms with Crippen LogP contribution in [0.2, 0.25) is 0 Å². The van der Waals surface area contributed by atoms with Gasteiger partial charge in [-0.15, -0.1) is 0 Å². The standard InChI is InChI=1S/C14H20BNO6S/c1-10(15(19)22-3)8-11(2)16-23(20,21)14-5-4-13(18)9-12(14)6-7-17/h4-5,8-9,16-19H,2,6-7H2,1,3H3/b10-8+. The van der Waals surface area contributed by atoms with Gasteiger partial charge < -0.3 is 19.9 Å². The van der Waals surface area contributed by atoms with Gasteiger partial charge in [-0.3, -0.25) is 4.72 Å². The molecule has 0 heterocycles. The molecule has 0 unspecified atom stereocenters. The van der Waals surface area contributed by atoms with E-state index in [-0.39, 0.29) is 34.9 Å². The van der Waals surface area contributed by atoms with E-state index in [1.54, 1.807) is 6.92 Å². The summed E-state index contributed by atoms with van der Waals surface area (Å²) >= 11 is 0. The third-order valence-electron chi connectivity index (χ3n) is 2.99. The molecule has 9 heteroatoms. The fourth-order valence-corrected chi connectivity index (χ4v) is 3.20. The molecule has 0 bridgehead atoms. The van der Waals surface area contributed by atoms with Crippen molar-refractivity contribution in [2.75, 3.05) is 13.7 Å². The second kappa shape index (κ2) is 8.16. The average molecular weight is 341 g/mol. The molecule has 4 N–H and O–H groups in total. The van der Waals surface area contributed by atoms with Crippen LogP contribution in [0.25, 0.3) is 0 Å². The van der Waals surface area contributed by atoms with E-state index in [4.69, 9.17) is 9.76 Å². The van der Waals surface area contributed by atoms with Crippen LogP contribution in [0.1, 0.15) is 12.5 Å². The quantitative estimate of drug-likeness (QED) is 0.400. The summed E-state index contributed by atoms with van der Waals surface area (Å²) in [4.78, 5) is -0.0659. The van der Waals surface area contributed by atoms with Crippen LogP contribution in [0.15, 0.2) is 46.9 Å². The summed E-state index contributed by atoms with van der Waals surface area (Å²) in [5, 5.41) is 27.9. The van der Waals surface area contributed by atoms with Crippen molar-refractivity contribution in [1.82, 2.24) is 4.72 Å². The number of aliphatic hydroxyl groups excluding tert-OH is 1. The maximum atomic E-state index is 12.4. The minimum absolute atomic E-state index is 0.0432. The lowest BCUT2D eigenvalue weighted by atomic mass is 9.79. The van der Waals surface area contributed by atoms with Crippen LogP contribution in [0.4, 0.5) is 0 Å². The highest BCUT2D eigenvalue weighted by molar-refractivity contribution is 7.89. The van der Waals surface area contributed by atoms with Crippen LogP contribution in [0.5, 0.6) is 5.75 Å². The highest BCUT2D eigenvalue weighted by Crippen LogP contribution is 2.22. The molecule has 0 saturated heterocycles. The van der Waals surface area contributed by atoms with Crippen LogP contribution >= 0.6 is 0 Å². The lowest BCUT2D eigenvalue weighted by molar-refractivity contribution is 0.298. The Morgan fingerprint density at radius 1 is 1.48 bits per heavy atom. The summed E-state index contributed by atoms with van der Waals surface area (Å²) < 4.78 is 31.8. The zero-order valence-electron chi connectivity index (χ0n) is 13.0. The Labute approximate surface area is 136 Å². The minimum Gasteiger partial charge on any atom is -0.508 e. The lowest BCUT2D eigenvalue weighted by Gasteiger charge is -2.13. The van der Waals surface area contributed by atoms with E-state index in [0.717, 1.165) is 0 Å². The van der Waals surface area contributed by atoms with Gasteiger partial charge in [0.05, 0.1) is 4.90 Å². The fourth-order valence-electron chi connectivity index (χ4n) is 1.93. The molecule has 1 aromatic carbocycles. The van der Waals surface area contributed by atoms with Gasteiger partial charge in [0, 0.05) is 19.4 Å². The third kappa shape index (κ3) is 5.40. The second-order valence-corrected chi connectivity index (χ2v) is 6.52. The highest BCUT2D eigenvalue weighted by Gasteiger charge is 2.20. The van der Waals surface area contributed by atoms with Crippen molar-refractivity contribution >= 4 is 17.1 Å². The van der Waals surface area contributed by atoms with Crippen molar-refractivity contribution in [1.29, 1.82) is 0 Å². The van der Waals surface area contributed by atoms with Gasteiger partial charge in [-0.1, -0.05) is 6.58 Å². The Kier molecular flexibility index (Phi) is 6.83. The number of sulfonamides is 1. The molecule has 1 rings (SSSR count).